The van der Waals surface area contributed by atoms with Crippen LogP contribution in [0.1, 0.15) is 23.4 Å². The van der Waals surface area contributed by atoms with Crippen LogP contribution in [-0.2, 0) is 11.2 Å². The monoisotopic (exact) mass is 346 g/mol. The van der Waals surface area contributed by atoms with Crippen molar-refractivity contribution in [3.63, 3.8) is 0 Å². The first-order chi connectivity index (χ1) is 11.6. The second kappa shape index (κ2) is 7.09. The molecule has 0 spiro atoms. The Labute approximate surface area is 144 Å². The summed E-state index contributed by atoms with van der Waals surface area (Å²) < 4.78 is 15.9. The highest BCUT2D eigenvalue weighted by Gasteiger charge is 2.16. The minimum absolute atomic E-state index is 0.192. The van der Waals surface area contributed by atoms with Gasteiger partial charge in [0.1, 0.15) is 5.75 Å². The fraction of sp³-hybridized carbons (Fsp3) is 0.353. The molecule has 0 fully saturated rings. The molecule has 2 heterocycles. The number of carbonyl (C=O) groups is 1. The molecule has 2 aromatic rings. The van der Waals surface area contributed by atoms with Crippen LogP contribution in [0.2, 0.25) is 0 Å². The maximum atomic E-state index is 12.1. The Morgan fingerprint density at radius 1 is 1.21 bits per heavy atom. The minimum Gasteiger partial charge on any atom is -0.454 e. The lowest BCUT2D eigenvalue weighted by molar-refractivity contribution is -0.134. The van der Waals surface area contributed by atoms with Gasteiger partial charge < -0.3 is 14.2 Å². The maximum absolute atomic E-state index is 12.1. The number of aryl methyl sites for hydroxylation is 2. The Balaban J connectivity index is 1.62. The normalized spacial score (nSPS) is 12.3. The molecule has 1 aromatic heterocycles. The summed E-state index contributed by atoms with van der Waals surface area (Å²) in [6.07, 6.45) is 2.75. The Bertz CT molecular complexity index is 756. The number of aromatic nitrogens is 2. The third-order valence-corrected chi connectivity index (χ3v) is 4.29. The van der Waals surface area contributed by atoms with E-state index < -0.39 is 0 Å². The Morgan fingerprint density at radius 3 is 2.62 bits per heavy atom. The highest BCUT2D eigenvalue weighted by molar-refractivity contribution is 7.98. The van der Waals surface area contributed by atoms with Gasteiger partial charge >= 0.3 is 5.97 Å². The van der Waals surface area contributed by atoms with E-state index in [9.17, 15) is 4.79 Å². The van der Waals surface area contributed by atoms with Gasteiger partial charge in [-0.3, -0.25) is 4.79 Å². The van der Waals surface area contributed by atoms with Crippen molar-refractivity contribution >= 4 is 17.7 Å². The number of esters is 1. The molecule has 1 aromatic carbocycles. The Kier molecular flexibility index (Phi) is 4.89. The van der Waals surface area contributed by atoms with Gasteiger partial charge in [0.2, 0.25) is 6.79 Å². The molecule has 24 heavy (non-hydrogen) atoms. The Morgan fingerprint density at radius 2 is 1.92 bits per heavy atom. The van der Waals surface area contributed by atoms with Crippen molar-refractivity contribution < 1.29 is 19.0 Å². The number of benzene rings is 1. The summed E-state index contributed by atoms with van der Waals surface area (Å²) in [5, 5.41) is 0.747. The number of rotatable bonds is 5. The van der Waals surface area contributed by atoms with Crippen LogP contribution in [-0.4, -0.2) is 29.0 Å². The molecule has 0 N–H and O–H groups in total. The number of carbonyl (C=O) groups excluding carboxylic acids is 1. The lowest BCUT2D eigenvalue weighted by Crippen LogP contribution is -2.11. The molecule has 0 radical (unpaired) electrons. The third-order valence-electron chi connectivity index (χ3n) is 3.74. The smallest absolute Gasteiger partial charge is 0.311 e. The van der Waals surface area contributed by atoms with Gasteiger partial charge in [-0.2, -0.15) is 0 Å². The topological polar surface area (TPSA) is 70.5 Å². The fourth-order valence-electron chi connectivity index (χ4n) is 2.51. The highest BCUT2D eigenvalue weighted by Crippen LogP contribution is 2.35. The van der Waals surface area contributed by atoms with Crippen molar-refractivity contribution in [3.8, 4) is 17.2 Å². The van der Waals surface area contributed by atoms with Gasteiger partial charge in [0.05, 0.1) is 6.42 Å². The summed E-state index contributed by atoms with van der Waals surface area (Å²) >= 11 is 1.51. The third kappa shape index (κ3) is 3.62. The second-order valence-corrected chi connectivity index (χ2v) is 6.12. The number of thioether (sulfide) groups is 1. The standard InChI is InChI=1S/C17H18N2O4S/c1-10-13(11(2)19-17(18-10)24-3)5-7-16(20)23-12-4-6-14-15(8-12)22-9-21-14/h4,6,8H,5,7,9H2,1-3H3. The van der Waals surface area contributed by atoms with Crippen molar-refractivity contribution in [1.29, 1.82) is 0 Å². The molecule has 0 atom stereocenters. The van der Waals surface area contributed by atoms with Crippen LogP contribution in [0.4, 0.5) is 0 Å². The predicted molar refractivity (Wildman–Crippen MR) is 89.8 cm³/mol. The highest BCUT2D eigenvalue weighted by atomic mass is 32.2. The number of ether oxygens (including phenoxy) is 3. The van der Waals surface area contributed by atoms with E-state index in [1.807, 2.05) is 20.1 Å². The van der Waals surface area contributed by atoms with Crippen molar-refractivity contribution in [3.05, 3.63) is 35.2 Å². The molecule has 0 unspecified atom stereocenters. The summed E-state index contributed by atoms with van der Waals surface area (Å²) in [5.74, 6) is 1.40. The molecular weight excluding hydrogens is 328 g/mol. The first-order valence-electron chi connectivity index (χ1n) is 7.55. The van der Waals surface area contributed by atoms with E-state index in [0.717, 1.165) is 22.1 Å². The number of hydrogen-bond acceptors (Lipinski definition) is 7. The van der Waals surface area contributed by atoms with Gasteiger partial charge in [-0.05, 0) is 44.2 Å². The zero-order chi connectivity index (χ0) is 17.1. The Hall–Kier alpha value is -2.28. The van der Waals surface area contributed by atoms with Crippen molar-refractivity contribution in [2.75, 3.05) is 13.0 Å². The summed E-state index contributed by atoms with van der Waals surface area (Å²) in [4.78, 5) is 20.9. The molecule has 0 amide bonds. The van der Waals surface area contributed by atoms with E-state index in [1.54, 1.807) is 18.2 Å². The van der Waals surface area contributed by atoms with Crippen LogP contribution in [0.25, 0.3) is 0 Å². The molecule has 7 heteroatoms. The SMILES string of the molecule is CSc1nc(C)c(CCC(=O)Oc2ccc3c(c2)OCO3)c(C)n1. The summed E-state index contributed by atoms with van der Waals surface area (Å²) in [6.45, 7) is 4.07. The van der Waals surface area contributed by atoms with Crippen LogP contribution in [0.5, 0.6) is 17.2 Å². The molecular formula is C17H18N2O4S. The summed E-state index contributed by atoms with van der Waals surface area (Å²) in [6, 6.07) is 5.08. The van der Waals surface area contributed by atoms with E-state index in [-0.39, 0.29) is 19.2 Å². The van der Waals surface area contributed by atoms with Crippen LogP contribution < -0.4 is 14.2 Å². The van der Waals surface area contributed by atoms with E-state index in [1.165, 1.54) is 11.8 Å². The summed E-state index contributed by atoms with van der Waals surface area (Å²) in [5.41, 5.74) is 2.81. The number of nitrogens with zero attached hydrogens (tertiary/aromatic N) is 2. The number of fused-ring (bicyclic) bond motifs is 1. The van der Waals surface area contributed by atoms with Crippen LogP contribution >= 0.6 is 11.8 Å². The summed E-state index contributed by atoms with van der Waals surface area (Å²) in [7, 11) is 0. The first-order valence-corrected chi connectivity index (χ1v) is 8.77. The van der Waals surface area contributed by atoms with Gasteiger partial charge in [-0.15, -0.1) is 0 Å². The molecule has 0 saturated heterocycles. The van der Waals surface area contributed by atoms with Gasteiger partial charge in [-0.1, -0.05) is 11.8 Å². The van der Waals surface area contributed by atoms with E-state index in [4.69, 9.17) is 14.2 Å². The lowest BCUT2D eigenvalue weighted by atomic mass is 10.1. The fourth-order valence-corrected chi connectivity index (χ4v) is 2.97. The van der Waals surface area contributed by atoms with Crippen molar-refractivity contribution in [2.45, 2.75) is 31.8 Å². The van der Waals surface area contributed by atoms with Gasteiger partial charge in [0.25, 0.3) is 0 Å². The molecule has 6 nitrogen and oxygen atoms in total. The first kappa shape index (κ1) is 16.6. The minimum atomic E-state index is -0.304. The van der Waals surface area contributed by atoms with Gasteiger partial charge in [0.15, 0.2) is 16.7 Å². The lowest BCUT2D eigenvalue weighted by Gasteiger charge is -2.10. The molecule has 1 aliphatic heterocycles. The van der Waals surface area contributed by atoms with Crippen LogP contribution in [0.15, 0.2) is 23.4 Å². The molecule has 0 saturated carbocycles. The van der Waals surface area contributed by atoms with Gasteiger partial charge in [-0.25, -0.2) is 9.97 Å². The van der Waals surface area contributed by atoms with Crippen molar-refractivity contribution in [2.24, 2.45) is 0 Å². The van der Waals surface area contributed by atoms with E-state index in [2.05, 4.69) is 9.97 Å². The predicted octanol–water partition coefficient (Wildman–Crippen LogP) is 3.08. The second-order valence-electron chi connectivity index (χ2n) is 5.35. The average molecular weight is 346 g/mol. The van der Waals surface area contributed by atoms with Crippen LogP contribution in [0.3, 0.4) is 0 Å². The van der Waals surface area contributed by atoms with Crippen LogP contribution in [0, 0.1) is 13.8 Å². The average Bonchev–Trinajstić information content (AvgIpc) is 3.01. The van der Waals surface area contributed by atoms with Gasteiger partial charge in [0, 0.05) is 17.5 Å². The largest absolute Gasteiger partial charge is 0.454 e. The molecule has 126 valence electrons. The molecule has 0 aliphatic carbocycles. The molecule has 3 rings (SSSR count). The zero-order valence-corrected chi connectivity index (χ0v) is 14.6. The van der Waals surface area contributed by atoms with E-state index >= 15 is 0 Å². The van der Waals surface area contributed by atoms with Crippen molar-refractivity contribution in [1.82, 2.24) is 9.97 Å². The quantitative estimate of drug-likeness (QED) is 0.356. The molecule has 1 aliphatic rings. The molecule has 0 bridgehead atoms. The zero-order valence-electron chi connectivity index (χ0n) is 13.8. The maximum Gasteiger partial charge on any atom is 0.311 e. The number of hydrogen-bond donors (Lipinski definition) is 0. The van der Waals surface area contributed by atoms with E-state index in [0.29, 0.717) is 23.7 Å².